The summed E-state index contributed by atoms with van der Waals surface area (Å²) in [5.41, 5.74) is 9.04. The third-order valence-electron chi connectivity index (χ3n) is 4.61. The lowest BCUT2D eigenvalue weighted by molar-refractivity contribution is -0.118. The van der Waals surface area contributed by atoms with E-state index in [9.17, 15) is 9.59 Å². The highest BCUT2D eigenvalue weighted by Crippen LogP contribution is 2.41. The van der Waals surface area contributed by atoms with Crippen LogP contribution in [0.5, 0.6) is 0 Å². The van der Waals surface area contributed by atoms with Gasteiger partial charge in [-0.3, -0.25) is 9.59 Å². The molecule has 1 aromatic heterocycles. The highest BCUT2D eigenvalue weighted by atomic mass is 16.2. The molecule has 5 heteroatoms. The summed E-state index contributed by atoms with van der Waals surface area (Å²) in [7, 11) is 1.98. The maximum absolute atomic E-state index is 12.8. The number of amides is 2. The van der Waals surface area contributed by atoms with Crippen molar-refractivity contribution in [1.29, 1.82) is 0 Å². The van der Waals surface area contributed by atoms with Crippen molar-refractivity contribution < 1.29 is 9.59 Å². The number of carbonyl (C=O) groups is 2. The van der Waals surface area contributed by atoms with Crippen LogP contribution in [0.15, 0.2) is 54.7 Å². The van der Waals surface area contributed by atoms with Crippen molar-refractivity contribution in [3.8, 4) is 0 Å². The van der Waals surface area contributed by atoms with E-state index in [0.717, 1.165) is 22.0 Å². The maximum Gasteiger partial charge on any atom is 0.255 e. The number of nitrogens with two attached hydrogens (primary N) is 1. The minimum atomic E-state index is -0.513. The second-order valence-electron chi connectivity index (χ2n) is 6.10. The number of aromatic nitrogens is 1. The monoisotopic (exact) mass is 319 g/mol. The number of nitrogens with zero attached hydrogens (tertiary/aromatic N) is 2. The number of fused-ring (bicyclic) bond motifs is 2. The van der Waals surface area contributed by atoms with Crippen molar-refractivity contribution in [2.75, 3.05) is 6.54 Å². The Hall–Kier alpha value is -3.08. The van der Waals surface area contributed by atoms with Crippen LogP contribution in [0.1, 0.15) is 27.5 Å². The van der Waals surface area contributed by atoms with Crippen molar-refractivity contribution in [1.82, 2.24) is 9.47 Å². The Labute approximate surface area is 139 Å². The van der Waals surface area contributed by atoms with E-state index in [-0.39, 0.29) is 18.5 Å². The van der Waals surface area contributed by atoms with Crippen molar-refractivity contribution >= 4 is 22.7 Å². The lowest BCUT2D eigenvalue weighted by Crippen LogP contribution is -2.36. The van der Waals surface area contributed by atoms with Crippen LogP contribution >= 0.6 is 0 Å². The van der Waals surface area contributed by atoms with Crippen LogP contribution in [-0.2, 0) is 11.8 Å². The summed E-state index contributed by atoms with van der Waals surface area (Å²) in [6.07, 6.45) is 2.03. The van der Waals surface area contributed by atoms with Crippen molar-refractivity contribution in [3.63, 3.8) is 0 Å². The fraction of sp³-hybridized carbons (Fsp3) is 0.158. The molecule has 2 N–H and O–H groups in total. The number of primary amides is 1. The zero-order valence-electron chi connectivity index (χ0n) is 13.3. The zero-order valence-corrected chi connectivity index (χ0v) is 13.3. The molecule has 0 unspecified atom stereocenters. The van der Waals surface area contributed by atoms with Crippen molar-refractivity contribution in [2.45, 2.75) is 6.04 Å². The van der Waals surface area contributed by atoms with Crippen LogP contribution in [-0.4, -0.2) is 27.8 Å². The molecule has 120 valence electrons. The first-order valence-electron chi connectivity index (χ1n) is 7.80. The second-order valence-corrected chi connectivity index (χ2v) is 6.10. The van der Waals surface area contributed by atoms with Crippen LogP contribution < -0.4 is 5.73 Å². The molecule has 5 nitrogen and oxygen atoms in total. The van der Waals surface area contributed by atoms with E-state index in [4.69, 9.17) is 5.73 Å². The van der Waals surface area contributed by atoms with Gasteiger partial charge in [-0.2, -0.15) is 0 Å². The van der Waals surface area contributed by atoms with Gasteiger partial charge in [-0.25, -0.2) is 0 Å². The van der Waals surface area contributed by atoms with Gasteiger partial charge in [0.15, 0.2) is 0 Å². The quantitative estimate of drug-likeness (QED) is 0.804. The number of aryl methyl sites for hydroxylation is 1. The van der Waals surface area contributed by atoms with E-state index < -0.39 is 5.91 Å². The maximum atomic E-state index is 12.8. The van der Waals surface area contributed by atoms with Crippen LogP contribution in [0.4, 0.5) is 0 Å². The molecule has 1 atom stereocenters. The minimum Gasteiger partial charge on any atom is -0.368 e. The van der Waals surface area contributed by atoms with Gasteiger partial charge in [0.2, 0.25) is 5.91 Å². The third kappa shape index (κ3) is 2.01. The zero-order chi connectivity index (χ0) is 16.8. The van der Waals surface area contributed by atoms with E-state index >= 15 is 0 Å². The lowest BCUT2D eigenvalue weighted by atomic mass is 9.97. The van der Waals surface area contributed by atoms with Crippen LogP contribution in [0.25, 0.3) is 10.9 Å². The number of hydrogen-bond acceptors (Lipinski definition) is 2. The molecule has 0 saturated carbocycles. The molecule has 24 heavy (non-hydrogen) atoms. The van der Waals surface area contributed by atoms with Gasteiger partial charge in [0, 0.05) is 35.3 Å². The molecule has 3 aromatic rings. The Balaban J connectivity index is 1.96. The minimum absolute atomic E-state index is 0.0958. The average molecular weight is 319 g/mol. The number of benzene rings is 2. The predicted octanol–water partition coefficient (Wildman–Crippen LogP) is 2.21. The molecule has 1 aliphatic rings. The van der Waals surface area contributed by atoms with Crippen molar-refractivity contribution in [2.24, 2.45) is 12.8 Å². The molecule has 0 spiro atoms. The number of para-hydroxylation sites is 1. The average Bonchev–Trinajstić information content (AvgIpc) is 3.04. The fourth-order valence-corrected chi connectivity index (χ4v) is 3.63. The summed E-state index contributed by atoms with van der Waals surface area (Å²) in [6, 6.07) is 15.2. The lowest BCUT2D eigenvalue weighted by Gasteiger charge is -2.24. The van der Waals surface area contributed by atoms with Crippen LogP contribution in [0, 0.1) is 0 Å². The van der Waals surface area contributed by atoms with E-state index in [1.54, 1.807) is 11.0 Å². The molecule has 4 rings (SSSR count). The number of carbonyl (C=O) groups excluding carboxylic acids is 2. The number of rotatable bonds is 3. The number of hydrogen-bond donors (Lipinski definition) is 1. The molecule has 0 bridgehead atoms. The molecule has 0 fully saturated rings. The van der Waals surface area contributed by atoms with E-state index in [1.807, 2.05) is 60.3 Å². The van der Waals surface area contributed by atoms with E-state index in [2.05, 4.69) is 0 Å². The normalized spacial score (nSPS) is 16.6. The molecule has 2 amide bonds. The topological polar surface area (TPSA) is 68.3 Å². The third-order valence-corrected chi connectivity index (χ3v) is 4.61. The Morgan fingerprint density at radius 3 is 2.58 bits per heavy atom. The van der Waals surface area contributed by atoms with Gasteiger partial charge in [-0.1, -0.05) is 36.4 Å². The van der Waals surface area contributed by atoms with E-state index in [1.165, 1.54) is 0 Å². The van der Waals surface area contributed by atoms with Gasteiger partial charge in [-0.15, -0.1) is 0 Å². The molecule has 0 saturated heterocycles. The Morgan fingerprint density at radius 2 is 1.79 bits per heavy atom. The summed E-state index contributed by atoms with van der Waals surface area (Å²) in [5, 5.41) is 1.07. The summed E-state index contributed by atoms with van der Waals surface area (Å²) in [4.78, 5) is 25.9. The first-order chi connectivity index (χ1) is 11.6. The molecule has 2 aromatic carbocycles. The van der Waals surface area contributed by atoms with Gasteiger partial charge in [0.1, 0.15) is 6.54 Å². The highest BCUT2D eigenvalue weighted by Gasteiger charge is 2.39. The summed E-state index contributed by atoms with van der Waals surface area (Å²) in [6.45, 7) is -0.0958. The molecule has 2 heterocycles. The molecule has 1 aliphatic heterocycles. The summed E-state index contributed by atoms with van der Waals surface area (Å²) >= 11 is 0. The highest BCUT2D eigenvalue weighted by molar-refractivity contribution is 6.02. The van der Waals surface area contributed by atoms with Gasteiger partial charge in [0.25, 0.3) is 5.91 Å². The second kappa shape index (κ2) is 5.23. The fourth-order valence-electron chi connectivity index (χ4n) is 3.63. The Kier molecular flexibility index (Phi) is 3.16. The van der Waals surface area contributed by atoms with Gasteiger partial charge >= 0.3 is 0 Å². The Bertz CT molecular complexity index is 974. The standard InChI is InChI=1S/C19H17N3O2/c1-21-10-15(12-6-4-5-9-16(12)21)18-13-7-2-3-8-14(13)19(24)22(18)11-17(20)23/h2-10,18H,11H2,1H3,(H2,20,23)/t18-/m0/s1. The van der Waals surface area contributed by atoms with Crippen LogP contribution in [0.2, 0.25) is 0 Å². The first-order valence-corrected chi connectivity index (χ1v) is 7.80. The molecular formula is C19H17N3O2. The smallest absolute Gasteiger partial charge is 0.255 e. The molecule has 0 aliphatic carbocycles. The van der Waals surface area contributed by atoms with Gasteiger partial charge < -0.3 is 15.2 Å². The van der Waals surface area contributed by atoms with E-state index in [0.29, 0.717) is 5.56 Å². The van der Waals surface area contributed by atoms with Gasteiger partial charge in [0.05, 0.1) is 6.04 Å². The SMILES string of the molecule is Cn1cc([C@@H]2c3ccccc3C(=O)N2CC(N)=O)c2ccccc21. The largest absolute Gasteiger partial charge is 0.368 e. The molecular weight excluding hydrogens is 302 g/mol. The summed E-state index contributed by atoms with van der Waals surface area (Å²) in [5.74, 6) is -0.663. The predicted molar refractivity (Wildman–Crippen MR) is 91.4 cm³/mol. The molecule has 0 radical (unpaired) electrons. The first kappa shape index (κ1) is 14.5. The van der Waals surface area contributed by atoms with Crippen LogP contribution in [0.3, 0.4) is 0 Å². The van der Waals surface area contributed by atoms with Crippen molar-refractivity contribution in [3.05, 3.63) is 71.4 Å². The Morgan fingerprint density at radius 1 is 1.08 bits per heavy atom. The van der Waals surface area contributed by atoms with Gasteiger partial charge in [-0.05, 0) is 17.7 Å². The summed E-state index contributed by atoms with van der Waals surface area (Å²) < 4.78 is 2.04.